The number of benzene rings is 1. The Morgan fingerprint density at radius 1 is 1.25 bits per heavy atom. The lowest BCUT2D eigenvalue weighted by atomic mass is 10.1. The highest BCUT2D eigenvalue weighted by Gasteiger charge is 2.11. The quantitative estimate of drug-likeness (QED) is 0.558. The molecule has 1 aromatic carbocycles. The van der Waals surface area contributed by atoms with Crippen LogP contribution < -0.4 is 10.6 Å². The van der Waals surface area contributed by atoms with Gasteiger partial charge in [0.25, 0.3) is 0 Å². The lowest BCUT2D eigenvalue weighted by molar-refractivity contribution is -0.117. The van der Waals surface area contributed by atoms with E-state index >= 15 is 0 Å². The van der Waals surface area contributed by atoms with E-state index in [0.717, 1.165) is 0 Å². The highest BCUT2D eigenvalue weighted by molar-refractivity contribution is 8.01. The average Bonchev–Trinajstić information content (AvgIpc) is 2.91. The molecule has 0 saturated carbocycles. The van der Waals surface area contributed by atoms with Crippen LogP contribution in [0.2, 0.25) is 5.02 Å². The highest BCUT2D eigenvalue weighted by atomic mass is 35.5. The molecule has 0 fully saturated rings. The van der Waals surface area contributed by atoms with E-state index in [1.807, 2.05) is 13.8 Å². The fourth-order valence-electron chi connectivity index (χ4n) is 1.75. The minimum absolute atomic E-state index is 0.0867. The summed E-state index contributed by atoms with van der Waals surface area (Å²) in [6.45, 7) is 3.94. The van der Waals surface area contributed by atoms with E-state index in [-0.39, 0.29) is 23.5 Å². The van der Waals surface area contributed by atoms with Crippen molar-refractivity contribution in [3.63, 3.8) is 0 Å². The van der Waals surface area contributed by atoms with Gasteiger partial charge in [-0.25, -0.2) is 0 Å². The summed E-state index contributed by atoms with van der Waals surface area (Å²) in [5.74, 6) is 0.224. The van der Waals surface area contributed by atoms with E-state index in [2.05, 4.69) is 20.8 Å². The summed E-state index contributed by atoms with van der Waals surface area (Å²) in [4.78, 5) is 23.6. The van der Waals surface area contributed by atoms with Gasteiger partial charge in [0.15, 0.2) is 4.34 Å². The molecule has 1 heterocycles. The van der Waals surface area contributed by atoms with Gasteiger partial charge in [-0.2, -0.15) is 0 Å². The van der Waals surface area contributed by atoms with Crippen molar-refractivity contribution in [1.82, 2.24) is 10.2 Å². The first-order valence-corrected chi connectivity index (χ1v) is 9.42. The van der Waals surface area contributed by atoms with Crippen LogP contribution in [0.4, 0.5) is 10.8 Å². The van der Waals surface area contributed by atoms with Crippen molar-refractivity contribution < 1.29 is 9.59 Å². The van der Waals surface area contributed by atoms with E-state index in [0.29, 0.717) is 26.6 Å². The molecule has 2 N–H and O–H groups in total. The van der Waals surface area contributed by atoms with Crippen LogP contribution in [0.3, 0.4) is 0 Å². The van der Waals surface area contributed by atoms with Gasteiger partial charge in [0.1, 0.15) is 0 Å². The van der Waals surface area contributed by atoms with Crippen LogP contribution in [0.25, 0.3) is 0 Å². The van der Waals surface area contributed by atoms with Crippen molar-refractivity contribution in [2.24, 2.45) is 5.92 Å². The van der Waals surface area contributed by atoms with Crippen molar-refractivity contribution in [1.29, 1.82) is 0 Å². The fraction of sp³-hybridized carbons (Fsp3) is 0.333. The number of thioether (sulfide) groups is 1. The Kier molecular flexibility index (Phi) is 7.01. The van der Waals surface area contributed by atoms with Crippen molar-refractivity contribution in [2.45, 2.75) is 24.6 Å². The summed E-state index contributed by atoms with van der Waals surface area (Å²) in [6, 6.07) is 6.95. The Bertz CT molecular complexity index is 721. The molecule has 2 rings (SSSR count). The summed E-state index contributed by atoms with van der Waals surface area (Å²) in [6.07, 6.45) is 0.435. The molecule has 0 saturated heterocycles. The van der Waals surface area contributed by atoms with E-state index in [1.165, 1.54) is 23.1 Å². The summed E-state index contributed by atoms with van der Waals surface area (Å²) >= 11 is 8.38. The molecule has 2 amide bonds. The normalized spacial score (nSPS) is 10.7. The molecule has 0 atom stereocenters. The number of hydrogen-bond donors (Lipinski definition) is 2. The SMILES string of the molecule is CC(C)CC(=O)Nc1nnc(SCC(=O)Nc2cccc(Cl)c2)s1. The van der Waals surface area contributed by atoms with Gasteiger partial charge in [-0.3, -0.25) is 9.59 Å². The zero-order valence-corrected chi connectivity index (χ0v) is 15.6. The largest absolute Gasteiger partial charge is 0.325 e. The number of amides is 2. The smallest absolute Gasteiger partial charge is 0.234 e. The number of hydrogen-bond acceptors (Lipinski definition) is 6. The highest BCUT2D eigenvalue weighted by Crippen LogP contribution is 2.26. The molecule has 0 bridgehead atoms. The number of anilines is 2. The number of nitrogens with zero attached hydrogens (tertiary/aromatic N) is 2. The van der Waals surface area contributed by atoms with Crippen LogP contribution in [0, 0.1) is 5.92 Å². The number of rotatable bonds is 7. The summed E-state index contributed by atoms with van der Waals surface area (Å²) in [7, 11) is 0. The molecule has 0 unspecified atom stereocenters. The molecule has 0 aliphatic heterocycles. The summed E-state index contributed by atoms with van der Waals surface area (Å²) in [5, 5.41) is 14.3. The Morgan fingerprint density at radius 2 is 2.04 bits per heavy atom. The molecule has 2 aromatic rings. The van der Waals surface area contributed by atoms with Gasteiger partial charge in [0.2, 0.25) is 16.9 Å². The van der Waals surface area contributed by atoms with Crippen molar-refractivity contribution in [3.05, 3.63) is 29.3 Å². The number of nitrogens with one attached hydrogen (secondary N) is 2. The second kappa shape index (κ2) is 9.00. The maximum atomic E-state index is 11.9. The zero-order chi connectivity index (χ0) is 17.5. The first kappa shape index (κ1) is 18.7. The molecule has 6 nitrogen and oxygen atoms in total. The van der Waals surface area contributed by atoms with E-state index in [1.54, 1.807) is 24.3 Å². The molecule has 0 spiro atoms. The molecule has 1 aromatic heterocycles. The van der Waals surface area contributed by atoms with E-state index < -0.39 is 0 Å². The standard InChI is InChI=1S/C15H17ClN4O2S2/c1-9(2)6-12(21)18-14-19-20-15(24-14)23-8-13(22)17-11-5-3-4-10(16)7-11/h3-5,7,9H,6,8H2,1-2H3,(H,17,22)(H,18,19,21). The molecule has 24 heavy (non-hydrogen) atoms. The number of carbonyl (C=O) groups is 2. The third-order valence-electron chi connectivity index (χ3n) is 2.68. The molecule has 0 aliphatic carbocycles. The number of halogens is 1. The number of aromatic nitrogens is 2. The summed E-state index contributed by atoms with van der Waals surface area (Å²) < 4.78 is 0.621. The van der Waals surface area contributed by atoms with Crippen molar-refractivity contribution >= 4 is 57.3 Å². The van der Waals surface area contributed by atoms with Crippen molar-refractivity contribution in [2.75, 3.05) is 16.4 Å². The maximum Gasteiger partial charge on any atom is 0.234 e. The predicted molar refractivity (Wildman–Crippen MR) is 98.8 cm³/mol. The monoisotopic (exact) mass is 384 g/mol. The molecule has 0 radical (unpaired) electrons. The van der Waals surface area contributed by atoms with Gasteiger partial charge >= 0.3 is 0 Å². The van der Waals surface area contributed by atoms with Crippen molar-refractivity contribution in [3.8, 4) is 0 Å². The minimum atomic E-state index is -0.164. The van der Waals surface area contributed by atoms with Gasteiger partial charge in [0, 0.05) is 17.1 Å². The van der Waals surface area contributed by atoms with Crippen LogP contribution in [0.5, 0.6) is 0 Å². The minimum Gasteiger partial charge on any atom is -0.325 e. The Hall–Kier alpha value is -1.64. The molecule has 0 aliphatic rings. The van der Waals surface area contributed by atoms with Crippen LogP contribution in [-0.2, 0) is 9.59 Å². The molecular formula is C15H17ClN4O2S2. The summed E-state index contributed by atoms with van der Waals surface area (Å²) in [5.41, 5.74) is 0.645. The first-order valence-electron chi connectivity index (χ1n) is 7.24. The lowest BCUT2D eigenvalue weighted by Gasteiger charge is -2.04. The number of carbonyl (C=O) groups excluding carboxylic acids is 2. The van der Waals surface area contributed by atoms with Gasteiger partial charge in [0.05, 0.1) is 5.75 Å². The zero-order valence-electron chi connectivity index (χ0n) is 13.2. The molecule has 9 heteroatoms. The third-order valence-corrected chi connectivity index (χ3v) is 4.89. The van der Waals surface area contributed by atoms with Gasteiger partial charge in [-0.05, 0) is 24.1 Å². The second-order valence-electron chi connectivity index (χ2n) is 5.37. The Labute approximate surface area is 153 Å². The fourth-order valence-corrected chi connectivity index (χ4v) is 3.51. The predicted octanol–water partition coefficient (Wildman–Crippen LogP) is 3.91. The van der Waals surface area contributed by atoms with E-state index in [9.17, 15) is 9.59 Å². The third kappa shape index (κ3) is 6.46. The van der Waals surface area contributed by atoms with Gasteiger partial charge in [-0.1, -0.05) is 54.6 Å². The Morgan fingerprint density at radius 3 is 2.75 bits per heavy atom. The van der Waals surface area contributed by atoms with Crippen LogP contribution in [0.15, 0.2) is 28.6 Å². The Balaban J connectivity index is 1.80. The first-order chi connectivity index (χ1) is 11.4. The van der Waals surface area contributed by atoms with Gasteiger partial charge in [-0.15, -0.1) is 10.2 Å². The van der Waals surface area contributed by atoms with Crippen LogP contribution in [0.1, 0.15) is 20.3 Å². The lowest BCUT2D eigenvalue weighted by Crippen LogP contribution is -2.13. The van der Waals surface area contributed by atoms with Crippen LogP contribution in [-0.4, -0.2) is 27.8 Å². The molecular weight excluding hydrogens is 368 g/mol. The van der Waals surface area contributed by atoms with Crippen LogP contribution >= 0.6 is 34.7 Å². The second-order valence-corrected chi connectivity index (χ2v) is 8.00. The topological polar surface area (TPSA) is 84.0 Å². The maximum absolute atomic E-state index is 11.9. The van der Waals surface area contributed by atoms with E-state index in [4.69, 9.17) is 11.6 Å². The average molecular weight is 385 g/mol. The molecule has 128 valence electrons. The van der Waals surface area contributed by atoms with Gasteiger partial charge < -0.3 is 10.6 Å².